The number of rotatable bonds is 4. The summed E-state index contributed by atoms with van der Waals surface area (Å²) in [6, 6.07) is 25.8. The van der Waals surface area contributed by atoms with Gasteiger partial charge in [-0.3, -0.25) is 5.10 Å². The first-order valence-corrected chi connectivity index (χ1v) is 12.2. The second-order valence-electron chi connectivity index (χ2n) is 8.08. The molecule has 6 rings (SSSR count). The van der Waals surface area contributed by atoms with E-state index in [0.717, 1.165) is 39.2 Å². The van der Waals surface area contributed by atoms with Crippen molar-refractivity contribution < 1.29 is 13.2 Å². The van der Waals surface area contributed by atoms with Crippen molar-refractivity contribution in [3.8, 4) is 45.3 Å². The quantitative estimate of drug-likeness (QED) is 0.342. The molecule has 166 valence electrons. The summed E-state index contributed by atoms with van der Waals surface area (Å²) in [5.41, 5.74) is 5.60. The maximum Gasteiger partial charge on any atom is 0.219 e. The Balaban J connectivity index is 1.37. The van der Waals surface area contributed by atoms with Crippen molar-refractivity contribution in [1.29, 1.82) is 0 Å². The van der Waals surface area contributed by atoms with E-state index in [1.807, 2.05) is 67.6 Å². The average molecular weight is 466 g/mol. The van der Waals surface area contributed by atoms with Crippen molar-refractivity contribution in [3.63, 3.8) is 0 Å². The molecule has 3 heterocycles. The normalized spacial score (nSPS) is 13.3. The van der Waals surface area contributed by atoms with Crippen LogP contribution in [0.2, 0.25) is 0 Å². The second kappa shape index (κ2) is 7.67. The van der Waals surface area contributed by atoms with Crippen molar-refractivity contribution in [2.45, 2.75) is 16.7 Å². The molecule has 0 saturated carbocycles. The van der Waals surface area contributed by atoms with Gasteiger partial charge in [-0.15, -0.1) is 0 Å². The fourth-order valence-corrected chi connectivity index (χ4v) is 6.07. The van der Waals surface area contributed by atoms with Crippen molar-refractivity contribution >= 4 is 9.84 Å². The van der Waals surface area contributed by atoms with Gasteiger partial charge >= 0.3 is 0 Å². The van der Waals surface area contributed by atoms with Crippen molar-refractivity contribution in [2.24, 2.45) is 0 Å². The van der Waals surface area contributed by atoms with E-state index in [9.17, 15) is 8.42 Å². The van der Waals surface area contributed by atoms with Crippen molar-refractivity contribution in [1.82, 2.24) is 15.2 Å². The van der Waals surface area contributed by atoms with Gasteiger partial charge in [-0.2, -0.15) is 5.10 Å². The lowest BCUT2D eigenvalue weighted by Crippen LogP contribution is -1.97. The molecule has 1 aliphatic heterocycles. The Hall–Kier alpha value is -4.23. The van der Waals surface area contributed by atoms with Gasteiger partial charge in [0.15, 0.2) is 0 Å². The van der Waals surface area contributed by atoms with Crippen LogP contribution in [0.15, 0.2) is 101 Å². The molecule has 3 aromatic carbocycles. The summed E-state index contributed by atoms with van der Waals surface area (Å²) < 4.78 is 32.1. The van der Waals surface area contributed by atoms with Crippen LogP contribution < -0.4 is 4.74 Å². The number of H-pyrrole nitrogens is 1. The number of hydrogen-bond acceptors (Lipinski definition) is 5. The molecule has 7 heteroatoms. The third kappa shape index (κ3) is 3.21. The van der Waals surface area contributed by atoms with Gasteiger partial charge in [0, 0.05) is 40.1 Å². The number of nitrogens with one attached hydrogen (secondary N) is 1. The van der Waals surface area contributed by atoms with Gasteiger partial charge in [0.2, 0.25) is 15.7 Å². The molecule has 0 bridgehead atoms. The van der Waals surface area contributed by atoms with Crippen LogP contribution in [-0.4, -0.2) is 23.6 Å². The van der Waals surface area contributed by atoms with Crippen LogP contribution >= 0.6 is 0 Å². The molecule has 1 aliphatic rings. The topological polar surface area (TPSA) is 84.9 Å². The van der Waals surface area contributed by atoms with E-state index >= 15 is 0 Å². The number of benzene rings is 3. The van der Waals surface area contributed by atoms with Crippen LogP contribution in [0.3, 0.4) is 0 Å². The molecule has 0 fully saturated rings. The average Bonchev–Trinajstić information content (AvgIpc) is 3.35. The molecule has 6 nitrogen and oxygen atoms in total. The Morgan fingerprint density at radius 1 is 0.794 bits per heavy atom. The van der Waals surface area contributed by atoms with Crippen LogP contribution in [0, 0.1) is 6.92 Å². The first-order valence-electron chi connectivity index (χ1n) is 10.8. The summed E-state index contributed by atoms with van der Waals surface area (Å²) in [7, 11) is -3.55. The van der Waals surface area contributed by atoms with E-state index < -0.39 is 9.84 Å². The predicted molar refractivity (Wildman–Crippen MR) is 129 cm³/mol. The number of aromatic amines is 1. The summed E-state index contributed by atoms with van der Waals surface area (Å²) in [6.45, 7) is 1.97. The van der Waals surface area contributed by atoms with E-state index in [1.165, 1.54) is 0 Å². The van der Waals surface area contributed by atoms with Gasteiger partial charge in [0.05, 0.1) is 21.2 Å². The van der Waals surface area contributed by atoms with Crippen LogP contribution in [-0.2, 0) is 9.84 Å². The van der Waals surface area contributed by atoms with E-state index in [-0.39, 0.29) is 0 Å². The Bertz CT molecular complexity index is 1660. The van der Waals surface area contributed by atoms with Crippen LogP contribution in [0.4, 0.5) is 0 Å². The van der Waals surface area contributed by atoms with Gasteiger partial charge < -0.3 is 4.74 Å². The number of sulfone groups is 1. The first-order chi connectivity index (χ1) is 16.5. The minimum atomic E-state index is -3.55. The van der Waals surface area contributed by atoms with Gasteiger partial charge in [-0.05, 0) is 37.3 Å². The van der Waals surface area contributed by atoms with E-state index in [0.29, 0.717) is 21.4 Å². The number of fused-ring (bicyclic) bond motifs is 3. The zero-order chi connectivity index (χ0) is 23.3. The Kier molecular flexibility index (Phi) is 4.60. The maximum atomic E-state index is 13.1. The van der Waals surface area contributed by atoms with E-state index in [2.05, 4.69) is 15.2 Å². The van der Waals surface area contributed by atoms with E-state index in [1.54, 1.807) is 30.5 Å². The summed E-state index contributed by atoms with van der Waals surface area (Å²) in [5.74, 6) is 1.17. The highest BCUT2D eigenvalue weighted by molar-refractivity contribution is 7.92. The number of ether oxygens (including phenoxy) is 1. The van der Waals surface area contributed by atoms with Crippen molar-refractivity contribution in [2.75, 3.05) is 0 Å². The lowest BCUT2D eigenvalue weighted by atomic mass is 10.00. The zero-order valence-corrected chi connectivity index (χ0v) is 19.0. The largest absolute Gasteiger partial charge is 0.439 e. The van der Waals surface area contributed by atoms with Gasteiger partial charge in [-0.25, -0.2) is 13.4 Å². The Labute approximate surface area is 196 Å². The molecule has 2 aromatic heterocycles. The highest BCUT2D eigenvalue weighted by Crippen LogP contribution is 2.44. The second-order valence-corrected chi connectivity index (χ2v) is 9.97. The SMILES string of the molecule is Cc1c(-c2cccc(Oc3ccccn3)c2)n[nH]c1-c1ccc2c(c1)S(=O)(=O)c1ccccc1-2. The van der Waals surface area contributed by atoms with Crippen LogP contribution in [0.1, 0.15) is 5.56 Å². The number of aromatic nitrogens is 3. The summed E-state index contributed by atoms with van der Waals surface area (Å²) in [5, 5.41) is 7.63. The number of pyridine rings is 1. The third-order valence-corrected chi connectivity index (χ3v) is 7.86. The molecule has 0 saturated heterocycles. The fourth-order valence-electron chi connectivity index (χ4n) is 4.36. The number of nitrogens with zero attached hydrogens (tertiary/aromatic N) is 2. The lowest BCUT2D eigenvalue weighted by molar-refractivity contribution is 0.463. The van der Waals surface area contributed by atoms with Crippen LogP contribution in [0.25, 0.3) is 33.6 Å². The minimum absolute atomic E-state index is 0.326. The molecule has 0 aliphatic carbocycles. The summed E-state index contributed by atoms with van der Waals surface area (Å²) in [6.07, 6.45) is 1.68. The molecule has 1 N–H and O–H groups in total. The molecule has 0 amide bonds. The Morgan fingerprint density at radius 3 is 2.47 bits per heavy atom. The van der Waals surface area contributed by atoms with E-state index in [4.69, 9.17) is 4.74 Å². The van der Waals surface area contributed by atoms with Gasteiger partial charge in [0.25, 0.3) is 0 Å². The molecule has 0 atom stereocenters. The maximum absolute atomic E-state index is 13.1. The lowest BCUT2D eigenvalue weighted by Gasteiger charge is -2.07. The highest BCUT2D eigenvalue weighted by Gasteiger charge is 2.33. The molecule has 34 heavy (non-hydrogen) atoms. The highest BCUT2D eigenvalue weighted by atomic mass is 32.2. The Morgan fingerprint density at radius 2 is 1.62 bits per heavy atom. The predicted octanol–water partition coefficient (Wildman–Crippen LogP) is 6.05. The van der Waals surface area contributed by atoms with Gasteiger partial charge in [0.1, 0.15) is 5.75 Å². The number of hydrogen-bond donors (Lipinski definition) is 1. The monoisotopic (exact) mass is 465 g/mol. The summed E-state index contributed by atoms with van der Waals surface area (Å²) in [4.78, 5) is 4.88. The fraction of sp³-hybridized carbons (Fsp3) is 0.0370. The van der Waals surface area contributed by atoms with Crippen LogP contribution in [0.5, 0.6) is 11.6 Å². The molecule has 5 aromatic rings. The smallest absolute Gasteiger partial charge is 0.219 e. The third-order valence-electron chi connectivity index (χ3n) is 6.00. The standard InChI is InChI=1S/C27H19N3O3S/c1-17-26(18-7-6-8-20(15-18)33-25-11-4-5-14-28-25)29-30-27(17)19-12-13-22-21-9-2-3-10-23(21)34(31,32)24(22)16-19/h2-16H,1H3,(H,29,30). The molecular weight excluding hydrogens is 446 g/mol. The molecule has 0 unspecified atom stereocenters. The summed E-state index contributed by atoms with van der Waals surface area (Å²) >= 11 is 0. The molecule has 0 radical (unpaired) electrons. The first kappa shape index (κ1) is 20.4. The van der Waals surface area contributed by atoms with Crippen molar-refractivity contribution in [3.05, 3.63) is 96.7 Å². The molecule has 0 spiro atoms. The molecular formula is C27H19N3O3S. The van der Waals surface area contributed by atoms with Gasteiger partial charge in [-0.1, -0.05) is 48.5 Å². The minimum Gasteiger partial charge on any atom is -0.439 e. The zero-order valence-electron chi connectivity index (χ0n) is 18.2.